The van der Waals surface area contributed by atoms with E-state index in [0.717, 1.165) is 17.8 Å². The van der Waals surface area contributed by atoms with E-state index in [0.29, 0.717) is 11.3 Å². The molecule has 0 nitrogen and oxygen atoms in total. The molecule has 3 aliphatic rings. The van der Waals surface area contributed by atoms with E-state index in [4.69, 9.17) is 6.42 Å². The average molecular weight is 162 g/mol. The molecule has 0 heteroatoms. The molecular formula is C12H18. The molecule has 0 aliphatic heterocycles. The van der Waals surface area contributed by atoms with Gasteiger partial charge < -0.3 is 0 Å². The summed E-state index contributed by atoms with van der Waals surface area (Å²) in [5.41, 5.74) is 0.590. The second-order valence-corrected chi connectivity index (χ2v) is 5.23. The third-order valence-electron chi connectivity index (χ3n) is 4.57. The van der Waals surface area contributed by atoms with Crippen molar-refractivity contribution < 1.29 is 0 Å². The van der Waals surface area contributed by atoms with Crippen molar-refractivity contribution in [3.05, 3.63) is 0 Å². The lowest BCUT2D eigenvalue weighted by molar-refractivity contribution is -0.116. The molecule has 0 heterocycles. The van der Waals surface area contributed by atoms with Gasteiger partial charge in [-0.15, -0.1) is 12.3 Å². The lowest BCUT2D eigenvalue weighted by atomic mass is 9.43. The van der Waals surface area contributed by atoms with E-state index in [2.05, 4.69) is 26.7 Å². The van der Waals surface area contributed by atoms with Gasteiger partial charge in [-0.3, -0.25) is 0 Å². The molecule has 0 aromatic carbocycles. The number of rotatable bonds is 0. The highest BCUT2D eigenvalue weighted by atomic mass is 14.6. The minimum Gasteiger partial charge on any atom is -0.120 e. The lowest BCUT2D eigenvalue weighted by Crippen LogP contribution is -2.54. The van der Waals surface area contributed by atoms with E-state index >= 15 is 0 Å². The Morgan fingerprint density at radius 2 is 2.00 bits per heavy atom. The van der Waals surface area contributed by atoms with Crippen LogP contribution in [0.3, 0.4) is 0 Å². The highest BCUT2D eigenvalue weighted by Gasteiger charge is 2.55. The molecule has 0 spiro atoms. The van der Waals surface area contributed by atoms with Crippen molar-refractivity contribution in [1.82, 2.24) is 0 Å². The first kappa shape index (κ1) is 8.17. The summed E-state index contributed by atoms with van der Waals surface area (Å²) in [6.45, 7) is 7.16. The third-order valence-corrected chi connectivity index (χ3v) is 4.57. The van der Waals surface area contributed by atoms with Gasteiger partial charge in [0.15, 0.2) is 0 Å². The van der Waals surface area contributed by atoms with Crippen LogP contribution in [0.25, 0.3) is 0 Å². The summed E-state index contributed by atoms with van der Waals surface area (Å²) in [7, 11) is 0. The number of fused-ring (bicyclic) bond motifs is 2. The van der Waals surface area contributed by atoms with Gasteiger partial charge in [0.25, 0.3) is 0 Å². The smallest absolute Gasteiger partial charge is 0.0231 e. The van der Waals surface area contributed by atoms with Crippen LogP contribution in [0, 0.1) is 41.4 Å². The van der Waals surface area contributed by atoms with Crippen molar-refractivity contribution in [2.24, 2.45) is 29.1 Å². The predicted molar refractivity (Wildman–Crippen MR) is 51.5 cm³/mol. The standard InChI is InChI=1S/C12H18/c1-5-9-6-10-7-11(8(9)2)12(10,3)4/h1,8-11H,6-7H2,2-4H3/t8-,9+,10-,11+/m0/s1. The average Bonchev–Trinajstić information content (AvgIpc) is 2.03. The van der Waals surface area contributed by atoms with Gasteiger partial charge in [-0.1, -0.05) is 20.8 Å². The molecule has 3 fully saturated rings. The summed E-state index contributed by atoms with van der Waals surface area (Å²) in [4.78, 5) is 0. The summed E-state index contributed by atoms with van der Waals surface area (Å²) in [6.07, 6.45) is 8.23. The quantitative estimate of drug-likeness (QED) is 0.480. The van der Waals surface area contributed by atoms with E-state index in [9.17, 15) is 0 Å². The Morgan fingerprint density at radius 1 is 1.33 bits per heavy atom. The van der Waals surface area contributed by atoms with Crippen LogP contribution in [0.15, 0.2) is 0 Å². The van der Waals surface area contributed by atoms with Gasteiger partial charge in [0, 0.05) is 5.92 Å². The molecule has 4 atom stereocenters. The fraction of sp³-hybridized carbons (Fsp3) is 0.833. The monoisotopic (exact) mass is 162 g/mol. The van der Waals surface area contributed by atoms with Crippen LogP contribution in [0.4, 0.5) is 0 Å². The summed E-state index contributed by atoms with van der Waals surface area (Å²) >= 11 is 0. The highest BCUT2D eigenvalue weighted by molar-refractivity contribution is 5.11. The molecule has 3 saturated carbocycles. The van der Waals surface area contributed by atoms with Gasteiger partial charge in [-0.05, 0) is 36.0 Å². The Hall–Kier alpha value is -0.440. The van der Waals surface area contributed by atoms with Crippen molar-refractivity contribution in [2.45, 2.75) is 33.6 Å². The first-order chi connectivity index (χ1) is 5.57. The largest absolute Gasteiger partial charge is 0.120 e. The molecule has 0 unspecified atom stereocenters. The number of hydrogen-bond donors (Lipinski definition) is 0. The summed E-state index contributed by atoms with van der Waals surface area (Å²) in [5, 5.41) is 0. The molecule has 3 rings (SSSR count). The molecule has 2 bridgehead atoms. The molecular weight excluding hydrogens is 144 g/mol. The highest BCUT2D eigenvalue weighted by Crippen LogP contribution is 2.62. The fourth-order valence-corrected chi connectivity index (χ4v) is 3.37. The third kappa shape index (κ3) is 0.802. The Balaban J connectivity index is 2.18. The van der Waals surface area contributed by atoms with Crippen LogP contribution in [0.1, 0.15) is 33.6 Å². The molecule has 0 aromatic heterocycles. The lowest BCUT2D eigenvalue weighted by Gasteiger charge is -2.61. The Bertz CT molecular complexity index is 231. The van der Waals surface area contributed by atoms with E-state index in [-0.39, 0.29) is 0 Å². The topological polar surface area (TPSA) is 0 Å². The molecule has 0 aromatic rings. The summed E-state index contributed by atoms with van der Waals surface area (Å²) in [6, 6.07) is 0. The zero-order chi connectivity index (χ0) is 8.93. The maximum atomic E-state index is 5.52. The van der Waals surface area contributed by atoms with E-state index in [1.54, 1.807) is 0 Å². The minimum absolute atomic E-state index is 0.571. The van der Waals surface area contributed by atoms with Gasteiger partial charge in [0.05, 0.1) is 0 Å². The van der Waals surface area contributed by atoms with Gasteiger partial charge in [0.2, 0.25) is 0 Å². The van der Waals surface area contributed by atoms with Gasteiger partial charge in [0.1, 0.15) is 0 Å². The van der Waals surface area contributed by atoms with E-state index in [1.807, 2.05) is 0 Å². The van der Waals surface area contributed by atoms with Crippen molar-refractivity contribution in [3.8, 4) is 12.3 Å². The maximum absolute atomic E-state index is 5.52. The molecule has 0 N–H and O–H groups in total. The van der Waals surface area contributed by atoms with Gasteiger partial charge in [-0.2, -0.15) is 0 Å². The summed E-state index contributed by atoms with van der Waals surface area (Å²) in [5.74, 6) is 6.10. The molecule has 0 amide bonds. The SMILES string of the molecule is C#C[C@@H]1C[C@H]2C[C@H]([C@H]1C)C2(C)C. The van der Waals surface area contributed by atoms with Gasteiger partial charge in [-0.25, -0.2) is 0 Å². The van der Waals surface area contributed by atoms with Crippen LogP contribution in [0.5, 0.6) is 0 Å². The Labute approximate surface area is 75.7 Å². The first-order valence-corrected chi connectivity index (χ1v) is 5.03. The van der Waals surface area contributed by atoms with Crippen molar-refractivity contribution in [1.29, 1.82) is 0 Å². The zero-order valence-corrected chi connectivity index (χ0v) is 8.30. The number of terminal acetylenes is 1. The normalized spacial score (nSPS) is 49.2. The maximum Gasteiger partial charge on any atom is 0.0231 e. The van der Waals surface area contributed by atoms with Crippen LogP contribution in [-0.2, 0) is 0 Å². The minimum atomic E-state index is 0.571. The Morgan fingerprint density at radius 3 is 2.42 bits per heavy atom. The van der Waals surface area contributed by atoms with Crippen molar-refractivity contribution >= 4 is 0 Å². The molecule has 12 heavy (non-hydrogen) atoms. The van der Waals surface area contributed by atoms with E-state index in [1.165, 1.54) is 12.8 Å². The second kappa shape index (κ2) is 2.28. The van der Waals surface area contributed by atoms with Gasteiger partial charge >= 0.3 is 0 Å². The molecule has 66 valence electrons. The van der Waals surface area contributed by atoms with Crippen LogP contribution < -0.4 is 0 Å². The summed E-state index contributed by atoms with van der Waals surface area (Å²) < 4.78 is 0. The first-order valence-electron chi connectivity index (χ1n) is 5.03. The van der Waals surface area contributed by atoms with Crippen molar-refractivity contribution in [3.63, 3.8) is 0 Å². The number of hydrogen-bond acceptors (Lipinski definition) is 0. The molecule has 0 saturated heterocycles. The second-order valence-electron chi connectivity index (χ2n) is 5.23. The Kier molecular flexibility index (Phi) is 1.55. The van der Waals surface area contributed by atoms with E-state index < -0.39 is 0 Å². The molecule has 0 radical (unpaired) electrons. The van der Waals surface area contributed by atoms with Crippen LogP contribution in [-0.4, -0.2) is 0 Å². The van der Waals surface area contributed by atoms with Crippen molar-refractivity contribution in [2.75, 3.05) is 0 Å². The predicted octanol–water partition coefficient (Wildman–Crippen LogP) is 2.94. The van der Waals surface area contributed by atoms with Crippen LogP contribution in [0.2, 0.25) is 0 Å². The van der Waals surface area contributed by atoms with Crippen LogP contribution >= 0.6 is 0 Å². The fourth-order valence-electron chi connectivity index (χ4n) is 3.37. The zero-order valence-electron chi connectivity index (χ0n) is 8.30. The molecule has 3 aliphatic carbocycles.